The Morgan fingerprint density at radius 1 is 1.41 bits per heavy atom. The van der Waals surface area contributed by atoms with Gasteiger partial charge < -0.3 is 9.52 Å². The molecule has 1 aromatic carbocycles. The molecule has 0 aliphatic rings. The van der Waals surface area contributed by atoms with E-state index in [4.69, 9.17) is 4.42 Å². The summed E-state index contributed by atoms with van der Waals surface area (Å²) in [6.45, 7) is 1.89. The van der Waals surface area contributed by atoms with Crippen molar-refractivity contribution in [2.24, 2.45) is 0 Å². The van der Waals surface area contributed by atoms with Crippen LogP contribution in [0.5, 0.6) is 0 Å². The average Bonchev–Trinajstić information content (AvgIpc) is 2.70. The fourth-order valence-electron chi connectivity index (χ4n) is 1.72. The monoisotopic (exact) mass is 298 g/mol. The molecule has 2 aromatic rings. The van der Waals surface area contributed by atoms with Gasteiger partial charge in [0.2, 0.25) is 0 Å². The predicted molar refractivity (Wildman–Crippen MR) is 66.2 cm³/mol. The molecule has 0 fully saturated rings. The second kappa shape index (κ2) is 5.02. The maximum Gasteiger partial charge on any atom is 0.174 e. The molecule has 0 amide bonds. The van der Waals surface area contributed by atoms with E-state index in [1.54, 1.807) is 12.1 Å². The van der Waals surface area contributed by atoms with Crippen LogP contribution >= 0.6 is 15.9 Å². The van der Waals surface area contributed by atoms with Gasteiger partial charge in [0, 0.05) is 12.0 Å². The molecule has 1 atom stereocenters. The zero-order valence-electron chi connectivity index (χ0n) is 9.28. The van der Waals surface area contributed by atoms with Crippen molar-refractivity contribution in [2.45, 2.75) is 19.4 Å². The van der Waals surface area contributed by atoms with E-state index in [0.29, 0.717) is 16.7 Å². The molecule has 2 rings (SSSR count). The number of aliphatic hydroxyl groups is 1. The van der Waals surface area contributed by atoms with Gasteiger partial charge in [0.1, 0.15) is 5.82 Å². The average molecular weight is 299 g/mol. The molecule has 1 unspecified atom stereocenters. The molecule has 0 saturated heterocycles. The van der Waals surface area contributed by atoms with E-state index in [0.717, 1.165) is 11.1 Å². The smallest absolute Gasteiger partial charge is 0.174 e. The third-order valence-corrected chi connectivity index (χ3v) is 3.37. The summed E-state index contributed by atoms with van der Waals surface area (Å²) in [5, 5.41) is 10.0. The Hall–Kier alpha value is -1.13. The van der Waals surface area contributed by atoms with E-state index < -0.39 is 6.10 Å². The minimum atomic E-state index is -0.705. The van der Waals surface area contributed by atoms with Gasteiger partial charge in [-0.3, -0.25) is 0 Å². The van der Waals surface area contributed by atoms with Gasteiger partial charge in [-0.15, -0.1) is 0 Å². The molecule has 0 saturated carbocycles. The minimum absolute atomic E-state index is 0.288. The number of aliphatic hydroxyl groups excluding tert-OH is 1. The maximum atomic E-state index is 13.1. The molecular formula is C13H12BrFO2. The molecule has 4 heteroatoms. The summed E-state index contributed by atoms with van der Waals surface area (Å²) in [6, 6.07) is 6.27. The molecule has 2 nitrogen and oxygen atoms in total. The SMILES string of the molecule is Cc1ccc(F)cc1CC(O)c1ccoc1Br. The highest BCUT2D eigenvalue weighted by molar-refractivity contribution is 9.10. The van der Waals surface area contributed by atoms with Crippen LogP contribution in [0, 0.1) is 12.7 Å². The van der Waals surface area contributed by atoms with Gasteiger partial charge >= 0.3 is 0 Å². The van der Waals surface area contributed by atoms with E-state index in [1.807, 2.05) is 6.92 Å². The standard InChI is InChI=1S/C13H12BrFO2/c1-8-2-3-10(15)6-9(8)7-12(16)11-4-5-17-13(11)14/h2-6,12,16H,7H2,1H3. The normalized spacial score (nSPS) is 12.7. The first kappa shape index (κ1) is 12.3. The predicted octanol–water partition coefficient (Wildman–Crippen LogP) is 3.77. The van der Waals surface area contributed by atoms with Crippen molar-refractivity contribution >= 4 is 15.9 Å². The Morgan fingerprint density at radius 2 is 2.18 bits per heavy atom. The van der Waals surface area contributed by atoms with Crippen LogP contribution in [-0.4, -0.2) is 5.11 Å². The Balaban J connectivity index is 2.21. The van der Waals surface area contributed by atoms with E-state index in [2.05, 4.69) is 15.9 Å². The number of hydrogen-bond acceptors (Lipinski definition) is 2. The van der Waals surface area contributed by atoms with Crippen molar-refractivity contribution in [2.75, 3.05) is 0 Å². The zero-order valence-corrected chi connectivity index (χ0v) is 10.9. The van der Waals surface area contributed by atoms with Gasteiger partial charge in [0.25, 0.3) is 0 Å². The van der Waals surface area contributed by atoms with Crippen molar-refractivity contribution in [3.8, 4) is 0 Å². The molecular weight excluding hydrogens is 287 g/mol. The Labute approximate surface area is 107 Å². The van der Waals surface area contributed by atoms with Crippen molar-refractivity contribution in [3.05, 3.63) is 57.7 Å². The van der Waals surface area contributed by atoms with Gasteiger partial charge in [-0.2, -0.15) is 0 Å². The summed E-state index contributed by atoms with van der Waals surface area (Å²) in [7, 11) is 0. The van der Waals surface area contributed by atoms with Crippen LogP contribution in [0.25, 0.3) is 0 Å². The first-order valence-electron chi connectivity index (χ1n) is 5.24. The summed E-state index contributed by atoms with van der Waals surface area (Å²) >= 11 is 3.21. The zero-order chi connectivity index (χ0) is 12.4. The highest BCUT2D eigenvalue weighted by atomic mass is 79.9. The highest BCUT2D eigenvalue weighted by Crippen LogP contribution is 2.27. The Bertz CT molecular complexity index is 522. The molecule has 0 spiro atoms. The van der Waals surface area contributed by atoms with Crippen LogP contribution in [0.2, 0.25) is 0 Å². The number of hydrogen-bond donors (Lipinski definition) is 1. The van der Waals surface area contributed by atoms with Crippen molar-refractivity contribution in [3.63, 3.8) is 0 Å². The van der Waals surface area contributed by atoms with Crippen molar-refractivity contribution in [1.29, 1.82) is 0 Å². The molecule has 0 radical (unpaired) electrons. The topological polar surface area (TPSA) is 33.4 Å². The van der Waals surface area contributed by atoms with Crippen LogP contribution < -0.4 is 0 Å². The third kappa shape index (κ3) is 2.76. The lowest BCUT2D eigenvalue weighted by Crippen LogP contribution is -2.03. The van der Waals surface area contributed by atoms with Gasteiger partial charge in [-0.25, -0.2) is 4.39 Å². The quantitative estimate of drug-likeness (QED) is 0.936. The fraction of sp³-hybridized carbons (Fsp3) is 0.231. The summed E-state index contributed by atoms with van der Waals surface area (Å²) in [6.07, 6.45) is 1.16. The summed E-state index contributed by atoms with van der Waals surface area (Å²) in [4.78, 5) is 0. The maximum absolute atomic E-state index is 13.1. The number of benzene rings is 1. The number of aryl methyl sites for hydroxylation is 1. The van der Waals surface area contributed by atoms with Crippen LogP contribution in [0.15, 0.2) is 39.6 Å². The van der Waals surface area contributed by atoms with Gasteiger partial charge in [-0.1, -0.05) is 6.07 Å². The first-order valence-corrected chi connectivity index (χ1v) is 6.03. The van der Waals surface area contributed by atoms with E-state index in [-0.39, 0.29) is 5.82 Å². The lowest BCUT2D eigenvalue weighted by Gasteiger charge is -2.11. The summed E-state index contributed by atoms with van der Waals surface area (Å²) in [5.41, 5.74) is 2.43. The highest BCUT2D eigenvalue weighted by Gasteiger charge is 2.15. The minimum Gasteiger partial charge on any atom is -0.457 e. The molecule has 1 aromatic heterocycles. The number of furan rings is 1. The second-order valence-electron chi connectivity index (χ2n) is 3.94. The van der Waals surface area contributed by atoms with Gasteiger partial charge in [0.05, 0.1) is 12.4 Å². The number of rotatable bonds is 3. The van der Waals surface area contributed by atoms with E-state index in [9.17, 15) is 9.50 Å². The van der Waals surface area contributed by atoms with E-state index >= 15 is 0 Å². The van der Waals surface area contributed by atoms with Crippen molar-refractivity contribution in [1.82, 2.24) is 0 Å². The Kier molecular flexibility index (Phi) is 3.64. The fourth-order valence-corrected chi connectivity index (χ4v) is 2.23. The molecule has 0 bridgehead atoms. The van der Waals surface area contributed by atoms with Crippen LogP contribution in [0.3, 0.4) is 0 Å². The van der Waals surface area contributed by atoms with Crippen LogP contribution in [-0.2, 0) is 6.42 Å². The van der Waals surface area contributed by atoms with Crippen molar-refractivity contribution < 1.29 is 13.9 Å². The second-order valence-corrected chi connectivity index (χ2v) is 4.66. The van der Waals surface area contributed by atoms with Gasteiger partial charge in [0.15, 0.2) is 4.67 Å². The molecule has 90 valence electrons. The molecule has 1 heterocycles. The lowest BCUT2D eigenvalue weighted by atomic mass is 10.00. The number of halogens is 2. The van der Waals surface area contributed by atoms with E-state index in [1.165, 1.54) is 18.4 Å². The largest absolute Gasteiger partial charge is 0.457 e. The molecule has 1 N–H and O–H groups in total. The van der Waals surface area contributed by atoms with Crippen LogP contribution in [0.4, 0.5) is 4.39 Å². The molecule has 0 aliphatic heterocycles. The lowest BCUT2D eigenvalue weighted by molar-refractivity contribution is 0.176. The summed E-state index contributed by atoms with van der Waals surface area (Å²) in [5.74, 6) is -0.288. The van der Waals surface area contributed by atoms with Crippen LogP contribution in [0.1, 0.15) is 22.8 Å². The molecule has 17 heavy (non-hydrogen) atoms. The third-order valence-electron chi connectivity index (χ3n) is 2.73. The van der Waals surface area contributed by atoms with Gasteiger partial charge in [-0.05, 0) is 52.2 Å². The first-order chi connectivity index (χ1) is 8.08. The summed E-state index contributed by atoms with van der Waals surface area (Å²) < 4.78 is 18.7. The Morgan fingerprint density at radius 3 is 2.82 bits per heavy atom. The molecule has 0 aliphatic carbocycles.